The lowest BCUT2D eigenvalue weighted by Gasteiger charge is -2.35. The smallest absolute Gasteiger partial charge is 0.322 e. The number of rotatable bonds is 4. The first kappa shape index (κ1) is 18.7. The van der Waals surface area contributed by atoms with Gasteiger partial charge in [-0.1, -0.05) is 11.6 Å². The van der Waals surface area contributed by atoms with Crippen LogP contribution >= 0.6 is 11.6 Å². The summed E-state index contributed by atoms with van der Waals surface area (Å²) >= 11 is 5.87. The van der Waals surface area contributed by atoms with Gasteiger partial charge in [-0.25, -0.2) is 9.78 Å². The van der Waals surface area contributed by atoms with Crippen molar-refractivity contribution in [2.24, 2.45) is 0 Å². The van der Waals surface area contributed by atoms with Crippen LogP contribution in [0, 0.1) is 10.1 Å². The Bertz CT molecular complexity index is 855. The van der Waals surface area contributed by atoms with Gasteiger partial charge in [0.1, 0.15) is 11.4 Å². The second-order valence-electron chi connectivity index (χ2n) is 5.85. The Morgan fingerprint density at radius 1 is 1.30 bits per heavy atom. The van der Waals surface area contributed by atoms with Crippen LogP contribution in [0.4, 0.5) is 21.9 Å². The monoisotopic (exact) mass is 391 g/mol. The van der Waals surface area contributed by atoms with Gasteiger partial charge in [-0.3, -0.25) is 10.1 Å². The number of halogens is 1. The highest BCUT2D eigenvalue weighted by atomic mass is 35.5. The SMILES string of the molecule is COc1ncccc1NC(=O)N1CCN(c2ccc(Cl)cc2[N+](=O)[O-])CC1. The number of anilines is 2. The molecule has 142 valence electrons. The standard InChI is InChI=1S/C17H18ClN5O4/c1-27-16-13(3-2-6-19-16)20-17(24)22-9-7-21(8-10-22)14-5-4-12(18)11-15(14)23(25)26/h2-6,11H,7-10H2,1H3,(H,20,24). The van der Waals surface area contributed by atoms with Crippen molar-refractivity contribution in [2.75, 3.05) is 43.5 Å². The molecule has 9 nitrogen and oxygen atoms in total. The van der Waals surface area contributed by atoms with E-state index in [4.69, 9.17) is 16.3 Å². The molecule has 2 heterocycles. The number of hydrogen-bond acceptors (Lipinski definition) is 6. The Morgan fingerprint density at radius 3 is 2.70 bits per heavy atom. The summed E-state index contributed by atoms with van der Waals surface area (Å²) in [5.74, 6) is 0.335. The fraction of sp³-hybridized carbons (Fsp3) is 0.294. The number of hydrogen-bond donors (Lipinski definition) is 1. The van der Waals surface area contributed by atoms with Crippen molar-refractivity contribution < 1.29 is 14.5 Å². The fourth-order valence-electron chi connectivity index (χ4n) is 2.90. The third kappa shape index (κ3) is 4.20. The van der Waals surface area contributed by atoms with E-state index in [2.05, 4.69) is 10.3 Å². The van der Waals surface area contributed by atoms with Crippen LogP contribution in [0.1, 0.15) is 0 Å². The minimum atomic E-state index is -0.449. The molecule has 3 rings (SSSR count). The summed E-state index contributed by atoms with van der Waals surface area (Å²) < 4.78 is 5.13. The first-order valence-electron chi connectivity index (χ1n) is 8.23. The number of pyridine rings is 1. The molecule has 1 saturated heterocycles. The molecule has 0 atom stereocenters. The number of carbonyl (C=O) groups excluding carboxylic acids is 1. The maximum Gasteiger partial charge on any atom is 0.322 e. The lowest BCUT2D eigenvalue weighted by Crippen LogP contribution is -2.50. The van der Waals surface area contributed by atoms with Crippen molar-refractivity contribution in [3.8, 4) is 5.88 Å². The summed E-state index contributed by atoms with van der Waals surface area (Å²) in [5, 5.41) is 14.4. The van der Waals surface area contributed by atoms with Gasteiger partial charge < -0.3 is 19.9 Å². The molecule has 1 aliphatic heterocycles. The highest BCUT2D eigenvalue weighted by Crippen LogP contribution is 2.31. The molecule has 0 bridgehead atoms. The Labute approximate surface area is 160 Å². The van der Waals surface area contributed by atoms with Crippen LogP contribution in [0.2, 0.25) is 5.02 Å². The molecule has 0 unspecified atom stereocenters. The zero-order valence-corrected chi connectivity index (χ0v) is 15.3. The molecular formula is C17H18ClN5O4. The van der Waals surface area contributed by atoms with Gasteiger partial charge in [-0.2, -0.15) is 0 Å². The number of methoxy groups -OCH3 is 1. The molecule has 10 heteroatoms. The number of nitro benzene ring substituents is 1. The molecule has 2 amide bonds. The average Bonchev–Trinajstić information content (AvgIpc) is 2.68. The zero-order chi connectivity index (χ0) is 19.4. The average molecular weight is 392 g/mol. The third-order valence-corrected chi connectivity index (χ3v) is 4.48. The highest BCUT2D eigenvalue weighted by Gasteiger charge is 2.26. The zero-order valence-electron chi connectivity index (χ0n) is 14.6. The van der Waals surface area contributed by atoms with Crippen molar-refractivity contribution in [3.63, 3.8) is 0 Å². The second-order valence-corrected chi connectivity index (χ2v) is 6.29. The number of urea groups is 1. The number of benzene rings is 1. The van der Waals surface area contributed by atoms with Crippen molar-refractivity contribution in [1.82, 2.24) is 9.88 Å². The molecule has 1 aromatic carbocycles. The number of nitrogens with zero attached hydrogens (tertiary/aromatic N) is 4. The first-order chi connectivity index (χ1) is 13.0. The molecule has 27 heavy (non-hydrogen) atoms. The quantitative estimate of drug-likeness (QED) is 0.635. The van der Waals surface area contributed by atoms with E-state index in [-0.39, 0.29) is 11.7 Å². The first-order valence-corrected chi connectivity index (χ1v) is 8.61. The topological polar surface area (TPSA) is 101 Å². The third-order valence-electron chi connectivity index (χ3n) is 4.25. The molecular weight excluding hydrogens is 374 g/mol. The van der Waals surface area contributed by atoms with E-state index < -0.39 is 4.92 Å². The molecule has 0 aliphatic carbocycles. The summed E-state index contributed by atoms with van der Waals surface area (Å²) in [6.07, 6.45) is 1.58. The van der Waals surface area contributed by atoms with Crippen LogP contribution in [-0.4, -0.2) is 54.1 Å². The molecule has 0 saturated carbocycles. The lowest BCUT2D eigenvalue weighted by molar-refractivity contribution is -0.384. The lowest BCUT2D eigenvalue weighted by atomic mass is 10.2. The molecule has 2 aromatic rings. The minimum Gasteiger partial charge on any atom is -0.480 e. The van der Waals surface area contributed by atoms with Gasteiger partial charge >= 0.3 is 6.03 Å². The van der Waals surface area contributed by atoms with E-state index in [0.717, 1.165) is 0 Å². The number of nitro groups is 1. The second kappa shape index (κ2) is 8.09. The van der Waals surface area contributed by atoms with E-state index in [1.165, 1.54) is 13.2 Å². The number of carbonyl (C=O) groups is 1. The normalized spacial score (nSPS) is 14.0. The molecule has 0 radical (unpaired) electrons. The van der Waals surface area contributed by atoms with E-state index in [1.54, 1.807) is 35.4 Å². The van der Waals surface area contributed by atoms with Crippen LogP contribution in [0.3, 0.4) is 0 Å². The van der Waals surface area contributed by atoms with Gasteiger partial charge in [0, 0.05) is 43.5 Å². The molecule has 1 aliphatic rings. The Kier molecular flexibility index (Phi) is 5.60. The highest BCUT2D eigenvalue weighted by molar-refractivity contribution is 6.30. The maximum absolute atomic E-state index is 12.5. The van der Waals surface area contributed by atoms with E-state index in [1.807, 2.05) is 4.90 Å². The molecule has 1 aromatic heterocycles. The Hall–Kier alpha value is -3.07. The maximum atomic E-state index is 12.5. The van der Waals surface area contributed by atoms with Gasteiger partial charge in [0.2, 0.25) is 5.88 Å². The largest absolute Gasteiger partial charge is 0.480 e. The van der Waals surface area contributed by atoms with Crippen LogP contribution in [0.25, 0.3) is 0 Å². The van der Waals surface area contributed by atoms with Crippen molar-refractivity contribution in [1.29, 1.82) is 0 Å². The predicted octanol–water partition coefficient (Wildman–Crippen LogP) is 3.01. The number of aromatic nitrogens is 1. The summed E-state index contributed by atoms with van der Waals surface area (Å²) in [6.45, 7) is 1.79. The minimum absolute atomic E-state index is 0.0412. The summed E-state index contributed by atoms with van der Waals surface area (Å²) in [4.78, 5) is 30.9. The van der Waals surface area contributed by atoms with Gasteiger partial charge in [-0.15, -0.1) is 0 Å². The van der Waals surface area contributed by atoms with Gasteiger partial charge in [0.25, 0.3) is 5.69 Å². The number of nitrogens with one attached hydrogen (secondary N) is 1. The van der Waals surface area contributed by atoms with Crippen LogP contribution in [0.15, 0.2) is 36.5 Å². The van der Waals surface area contributed by atoms with Gasteiger partial charge in [-0.05, 0) is 24.3 Å². The van der Waals surface area contributed by atoms with E-state index >= 15 is 0 Å². The molecule has 1 fully saturated rings. The Morgan fingerprint density at radius 2 is 2.04 bits per heavy atom. The summed E-state index contributed by atoms with van der Waals surface area (Å²) in [5.41, 5.74) is 0.944. The van der Waals surface area contributed by atoms with Crippen molar-refractivity contribution in [3.05, 3.63) is 51.7 Å². The van der Waals surface area contributed by atoms with Gasteiger partial charge in [0.15, 0.2) is 0 Å². The van der Waals surface area contributed by atoms with Crippen molar-refractivity contribution in [2.45, 2.75) is 0 Å². The fourth-order valence-corrected chi connectivity index (χ4v) is 3.07. The Balaban J connectivity index is 1.65. The van der Waals surface area contributed by atoms with Crippen LogP contribution in [0.5, 0.6) is 5.88 Å². The predicted molar refractivity (Wildman–Crippen MR) is 102 cm³/mol. The summed E-state index contributed by atoms with van der Waals surface area (Å²) in [6, 6.07) is 7.73. The van der Waals surface area contributed by atoms with Crippen LogP contribution < -0.4 is 15.0 Å². The van der Waals surface area contributed by atoms with Crippen molar-refractivity contribution >= 4 is 34.7 Å². The summed E-state index contributed by atoms with van der Waals surface area (Å²) in [7, 11) is 1.48. The van der Waals surface area contributed by atoms with E-state index in [0.29, 0.717) is 48.5 Å². The molecule has 1 N–H and O–H groups in total. The number of amides is 2. The van der Waals surface area contributed by atoms with Gasteiger partial charge in [0.05, 0.1) is 12.0 Å². The van der Waals surface area contributed by atoms with Crippen LogP contribution in [-0.2, 0) is 0 Å². The number of ether oxygens (including phenoxy) is 1. The number of piperazine rings is 1. The molecule has 0 spiro atoms. The van der Waals surface area contributed by atoms with E-state index in [9.17, 15) is 14.9 Å².